The predicted octanol–water partition coefficient (Wildman–Crippen LogP) is 2.23. The Bertz CT molecular complexity index is 456. The highest BCUT2D eigenvalue weighted by Gasteiger charge is 2.23. The first-order valence-corrected chi connectivity index (χ1v) is 7.60. The number of nitrogens with zero attached hydrogens (tertiary/aromatic N) is 2. The molecule has 1 aliphatic heterocycles. The van der Waals surface area contributed by atoms with Crippen molar-refractivity contribution >= 4 is 23.3 Å². The van der Waals surface area contributed by atoms with Gasteiger partial charge >= 0.3 is 0 Å². The van der Waals surface area contributed by atoms with Gasteiger partial charge in [-0.15, -0.1) is 11.3 Å². The van der Waals surface area contributed by atoms with E-state index in [1.807, 2.05) is 12.3 Å². The number of aryl methyl sites for hydroxylation is 1. The normalized spacial score (nSPS) is 20.7. The molecule has 2 heterocycles. The zero-order valence-electron chi connectivity index (χ0n) is 11.2. The standard InChI is InChI=1S/C14H20N2O2S/c1-11-15-12(10-19-11)6-7-14(18)16-8-4-2-3-5-13(16)9-17/h6-7,10,13,17H,2-5,8-9H2,1H3/b7-6+. The number of carbonyl (C=O) groups excluding carboxylic acids is 1. The minimum absolute atomic E-state index is 0.0217. The quantitative estimate of drug-likeness (QED) is 0.864. The van der Waals surface area contributed by atoms with Crippen LogP contribution in [0.4, 0.5) is 0 Å². The van der Waals surface area contributed by atoms with E-state index >= 15 is 0 Å². The monoisotopic (exact) mass is 280 g/mol. The van der Waals surface area contributed by atoms with Gasteiger partial charge in [-0.1, -0.05) is 12.8 Å². The average Bonchev–Trinajstić information content (AvgIpc) is 2.69. The second kappa shape index (κ2) is 6.82. The van der Waals surface area contributed by atoms with E-state index in [-0.39, 0.29) is 18.6 Å². The van der Waals surface area contributed by atoms with Crippen molar-refractivity contribution in [1.82, 2.24) is 9.88 Å². The number of thiazole rings is 1. The van der Waals surface area contributed by atoms with Crippen LogP contribution in [0, 0.1) is 6.92 Å². The van der Waals surface area contributed by atoms with Crippen LogP contribution in [-0.4, -0.2) is 40.1 Å². The van der Waals surface area contributed by atoms with E-state index < -0.39 is 0 Å². The van der Waals surface area contributed by atoms with Crippen LogP contribution in [0.5, 0.6) is 0 Å². The Labute approximate surface area is 117 Å². The van der Waals surface area contributed by atoms with Crippen LogP contribution in [0.3, 0.4) is 0 Å². The average molecular weight is 280 g/mol. The molecule has 0 saturated carbocycles. The lowest BCUT2D eigenvalue weighted by Gasteiger charge is -2.27. The lowest BCUT2D eigenvalue weighted by Crippen LogP contribution is -2.41. The number of likely N-dealkylation sites (tertiary alicyclic amines) is 1. The minimum atomic E-state index is -0.0307. The van der Waals surface area contributed by atoms with Crippen LogP contribution in [0.1, 0.15) is 36.4 Å². The van der Waals surface area contributed by atoms with E-state index in [9.17, 15) is 9.90 Å². The second-order valence-corrected chi connectivity index (χ2v) is 5.90. The maximum atomic E-state index is 12.2. The lowest BCUT2D eigenvalue weighted by atomic mass is 10.1. The molecule has 0 aliphatic carbocycles. The SMILES string of the molecule is Cc1nc(/C=C/C(=O)N2CCCCCC2CO)cs1. The summed E-state index contributed by atoms with van der Waals surface area (Å²) in [5.74, 6) is -0.0217. The number of amides is 1. The number of hydrogen-bond acceptors (Lipinski definition) is 4. The van der Waals surface area contributed by atoms with Crippen LogP contribution in [0.15, 0.2) is 11.5 Å². The van der Waals surface area contributed by atoms with Gasteiger partial charge in [0.05, 0.1) is 23.4 Å². The van der Waals surface area contributed by atoms with Gasteiger partial charge in [0.2, 0.25) is 5.91 Å². The van der Waals surface area contributed by atoms with Crippen molar-refractivity contribution in [3.05, 3.63) is 22.2 Å². The molecule has 19 heavy (non-hydrogen) atoms. The first-order valence-electron chi connectivity index (χ1n) is 6.72. The fourth-order valence-electron chi connectivity index (χ4n) is 2.37. The molecule has 5 heteroatoms. The van der Waals surface area contributed by atoms with E-state index in [4.69, 9.17) is 0 Å². The van der Waals surface area contributed by atoms with Crippen LogP contribution < -0.4 is 0 Å². The molecule has 1 unspecified atom stereocenters. The molecule has 0 bridgehead atoms. The highest BCUT2D eigenvalue weighted by Crippen LogP contribution is 2.17. The number of aromatic nitrogens is 1. The number of carbonyl (C=O) groups is 1. The van der Waals surface area contributed by atoms with E-state index in [0.717, 1.165) is 42.9 Å². The van der Waals surface area contributed by atoms with E-state index in [1.165, 1.54) is 0 Å². The molecule has 1 fully saturated rings. The smallest absolute Gasteiger partial charge is 0.246 e. The fourth-order valence-corrected chi connectivity index (χ4v) is 2.95. The molecule has 4 nitrogen and oxygen atoms in total. The van der Waals surface area contributed by atoms with Crippen LogP contribution in [0.25, 0.3) is 6.08 Å². The Morgan fingerprint density at radius 1 is 1.58 bits per heavy atom. The van der Waals surface area contributed by atoms with Crippen molar-refractivity contribution < 1.29 is 9.90 Å². The van der Waals surface area contributed by atoms with Gasteiger partial charge in [0.15, 0.2) is 0 Å². The molecule has 1 aliphatic rings. The molecule has 1 aromatic heterocycles. The van der Waals surface area contributed by atoms with Crippen LogP contribution in [-0.2, 0) is 4.79 Å². The summed E-state index contributed by atoms with van der Waals surface area (Å²) in [5, 5.41) is 12.3. The zero-order valence-corrected chi connectivity index (χ0v) is 12.0. The van der Waals surface area contributed by atoms with Crippen LogP contribution >= 0.6 is 11.3 Å². The number of hydrogen-bond donors (Lipinski definition) is 1. The van der Waals surface area contributed by atoms with Crippen molar-refractivity contribution in [1.29, 1.82) is 0 Å². The summed E-state index contributed by atoms with van der Waals surface area (Å²) in [6.45, 7) is 2.74. The number of rotatable bonds is 3. The molecule has 0 spiro atoms. The van der Waals surface area contributed by atoms with E-state index in [1.54, 1.807) is 28.4 Å². The molecular weight excluding hydrogens is 260 g/mol. The van der Waals surface area contributed by atoms with Crippen molar-refractivity contribution in [2.24, 2.45) is 0 Å². The lowest BCUT2D eigenvalue weighted by molar-refractivity contribution is -0.129. The summed E-state index contributed by atoms with van der Waals surface area (Å²) in [4.78, 5) is 18.3. The highest BCUT2D eigenvalue weighted by molar-refractivity contribution is 7.09. The number of aliphatic hydroxyl groups excluding tert-OH is 1. The Morgan fingerprint density at radius 3 is 3.11 bits per heavy atom. The van der Waals surface area contributed by atoms with Gasteiger partial charge in [0, 0.05) is 18.0 Å². The van der Waals surface area contributed by atoms with Gasteiger partial charge < -0.3 is 10.0 Å². The van der Waals surface area contributed by atoms with Crippen molar-refractivity contribution in [3.8, 4) is 0 Å². The largest absolute Gasteiger partial charge is 0.394 e. The van der Waals surface area contributed by atoms with Gasteiger partial charge in [-0.2, -0.15) is 0 Å². The Hall–Kier alpha value is -1.20. The Kier molecular flexibility index (Phi) is 5.10. The van der Waals surface area contributed by atoms with Gasteiger partial charge in [-0.25, -0.2) is 4.98 Å². The first kappa shape index (κ1) is 14.2. The molecule has 1 amide bonds. The first-order chi connectivity index (χ1) is 9.20. The summed E-state index contributed by atoms with van der Waals surface area (Å²) < 4.78 is 0. The van der Waals surface area contributed by atoms with Crippen LogP contribution in [0.2, 0.25) is 0 Å². The molecule has 1 aromatic rings. The summed E-state index contributed by atoms with van der Waals surface area (Å²) in [5.41, 5.74) is 0.825. The fraction of sp³-hybridized carbons (Fsp3) is 0.571. The summed E-state index contributed by atoms with van der Waals surface area (Å²) in [6, 6.07) is -0.0307. The molecule has 0 radical (unpaired) electrons. The Balaban J connectivity index is 2.02. The maximum absolute atomic E-state index is 12.2. The highest BCUT2D eigenvalue weighted by atomic mass is 32.1. The van der Waals surface area contributed by atoms with E-state index in [2.05, 4.69) is 4.98 Å². The zero-order chi connectivity index (χ0) is 13.7. The maximum Gasteiger partial charge on any atom is 0.246 e. The van der Waals surface area contributed by atoms with Crippen molar-refractivity contribution in [2.45, 2.75) is 38.6 Å². The molecule has 1 saturated heterocycles. The van der Waals surface area contributed by atoms with E-state index in [0.29, 0.717) is 0 Å². The second-order valence-electron chi connectivity index (χ2n) is 4.84. The predicted molar refractivity (Wildman–Crippen MR) is 76.9 cm³/mol. The molecule has 2 rings (SSSR count). The molecule has 1 N–H and O–H groups in total. The topological polar surface area (TPSA) is 53.4 Å². The Morgan fingerprint density at radius 2 is 2.42 bits per heavy atom. The van der Waals surface area contributed by atoms with Crippen molar-refractivity contribution in [3.63, 3.8) is 0 Å². The van der Waals surface area contributed by atoms with Gasteiger partial charge in [0.25, 0.3) is 0 Å². The van der Waals surface area contributed by atoms with Gasteiger partial charge in [-0.05, 0) is 25.8 Å². The molecule has 1 atom stereocenters. The van der Waals surface area contributed by atoms with Crippen molar-refractivity contribution in [2.75, 3.05) is 13.2 Å². The van der Waals surface area contributed by atoms with Gasteiger partial charge in [-0.3, -0.25) is 4.79 Å². The summed E-state index contributed by atoms with van der Waals surface area (Å²) in [7, 11) is 0. The third-order valence-electron chi connectivity index (χ3n) is 3.40. The third kappa shape index (κ3) is 3.88. The third-order valence-corrected chi connectivity index (χ3v) is 4.20. The summed E-state index contributed by atoms with van der Waals surface area (Å²) >= 11 is 1.57. The molecule has 0 aromatic carbocycles. The molecular formula is C14H20N2O2S. The number of aliphatic hydroxyl groups is 1. The molecule has 104 valence electrons. The van der Waals surface area contributed by atoms with Gasteiger partial charge in [0.1, 0.15) is 0 Å². The minimum Gasteiger partial charge on any atom is -0.394 e. The summed E-state index contributed by atoms with van der Waals surface area (Å²) in [6.07, 6.45) is 7.46.